The zero-order chi connectivity index (χ0) is 8.27. The van der Waals surface area contributed by atoms with Crippen molar-refractivity contribution >= 4 is 22.2 Å². The van der Waals surface area contributed by atoms with Gasteiger partial charge in [0.25, 0.3) is 0 Å². The monoisotopic (exact) mass is 214 g/mol. The quantitative estimate of drug-likeness (QED) is 0.605. The maximum Gasteiger partial charge on any atom is 0.154 e. The smallest absolute Gasteiger partial charge is 0.154 e. The molecule has 0 bridgehead atoms. The van der Waals surface area contributed by atoms with E-state index in [1.807, 2.05) is 0 Å². The molecule has 3 heteroatoms. The fourth-order valence-corrected chi connectivity index (χ4v) is 1.34. The predicted octanol–water partition coefficient (Wildman–Crippen LogP) is 2.10. The summed E-state index contributed by atoms with van der Waals surface area (Å²) in [5.74, 6) is 0.0388. The highest BCUT2D eigenvalue weighted by Crippen LogP contribution is 2.20. The topological polar surface area (TPSA) is 37.3 Å². The number of benzene rings is 1. The van der Waals surface area contributed by atoms with Crippen molar-refractivity contribution < 1.29 is 9.90 Å². The second-order valence-corrected chi connectivity index (χ2v) is 2.66. The molecule has 1 N–H and O–H groups in total. The van der Waals surface area contributed by atoms with Crippen molar-refractivity contribution in [2.24, 2.45) is 0 Å². The van der Waals surface area contributed by atoms with E-state index in [-0.39, 0.29) is 5.75 Å². The normalized spacial score (nSPS) is 9.55. The molecule has 0 aliphatic carbocycles. The van der Waals surface area contributed by atoms with Crippen LogP contribution >= 0.6 is 15.9 Å². The fraction of sp³-hybridized carbons (Fsp3) is 0.125. The predicted molar refractivity (Wildman–Crippen MR) is 46.1 cm³/mol. The molecule has 0 aromatic heterocycles. The Morgan fingerprint density at radius 2 is 2.27 bits per heavy atom. The number of rotatable bonds is 2. The molecule has 0 unspecified atom stereocenters. The van der Waals surface area contributed by atoms with Gasteiger partial charge in [-0.1, -0.05) is 28.1 Å². The van der Waals surface area contributed by atoms with Gasteiger partial charge in [-0.2, -0.15) is 0 Å². The van der Waals surface area contributed by atoms with Gasteiger partial charge < -0.3 is 5.11 Å². The zero-order valence-electron chi connectivity index (χ0n) is 5.75. The Labute approximate surface area is 73.0 Å². The van der Waals surface area contributed by atoms with Gasteiger partial charge in [0.2, 0.25) is 0 Å². The molecule has 0 amide bonds. The molecule has 0 aliphatic rings. The van der Waals surface area contributed by atoms with Crippen molar-refractivity contribution in [1.82, 2.24) is 0 Å². The highest BCUT2D eigenvalue weighted by molar-refractivity contribution is 9.08. The molecule has 58 valence electrons. The minimum absolute atomic E-state index is 0.0388. The Morgan fingerprint density at radius 3 is 2.73 bits per heavy atom. The SMILES string of the molecule is O=Cc1c(O)cccc1CBr. The van der Waals surface area contributed by atoms with E-state index in [4.69, 9.17) is 0 Å². The average Bonchev–Trinajstić information content (AvgIpc) is 2.04. The lowest BCUT2D eigenvalue weighted by Crippen LogP contribution is -1.88. The molecule has 0 radical (unpaired) electrons. The summed E-state index contributed by atoms with van der Waals surface area (Å²) in [7, 11) is 0. The molecule has 1 aromatic carbocycles. The van der Waals surface area contributed by atoms with Crippen LogP contribution in [-0.2, 0) is 5.33 Å². The summed E-state index contributed by atoms with van der Waals surface area (Å²) in [6, 6.07) is 4.99. The first-order chi connectivity index (χ1) is 5.29. The summed E-state index contributed by atoms with van der Waals surface area (Å²) in [6.07, 6.45) is 0.659. The highest BCUT2D eigenvalue weighted by Gasteiger charge is 2.03. The van der Waals surface area contributed by atoms with Crippen molar-refractivity contribution in [1.29, 1.82) is 0 Å². The van der Waals surface area contributed by atoms with Crippen LogP contribution in [0.4, 0.5) is 0 Å². The molecule has 0 aliphatic heterocycles. The molecule has 1 rings (SSSR count). The van der Waals surface area contributed by atoms with Crippen molar-refractivity contribution in [3.05, 3.63) is 29.3 Å². The van der Waals surface area contributed by atoms with Gasteiger partial charge in [0.1, 0.15) is 5.75 Å². The number of hydrogen-bond donors (Lipinski definition) is 1. The van der Waals surface area contributed by atoms with Crippen LogP contribution in [0.2, 0.25) is 0 Å². The Balaban J connectivity index is 3.24. The molecule has 2 nitrogen and oxygen atoms in total. The molecule has 0 atom stereocenters. The maximum absolute atomic E-state index is 10.4. The molecule has 0 heterocycles. The van der Waals surface area contributed by atoms with Crippen LogP contribution in [0.25, 0.3) is 0 Å². The lowest BCUT2D eigenvalue weighted by Gasteiger charge is -2.01. The lowest BCUT2D eigenvalue weighted by molar-refractivity contribution is 0.112. The maximum atomic E-state index is 10.4. The van der Waals surface area contributed by atoms with Crippen LogP contribution in [-0.4, -0.2) is 11.4 Å². The van der Waals surface area contributed by atoms with Crippen LogP contribution < -0.4 is 0 Å². The number of phenolic OH excluding ortho intramolecular Hbond substituents is 1. The second-order valence-electron chi connectivity index (χ2n) is 2.10. The zero-order valence-corrected chi connectivity index (χ0v) is 7.34. The van der Waals surface area contributed by atoms with E-state index >= 15 is 0 Å². The second kappa shape index (κ2) is 3.53. The van der Waals surface area contributed by atoms with Gasteiger partial charge in [0, 0.05) is 5.33 Å². The van der Waals surface area contributed by atoms with Crippen molar-refractivity contribution in [2.75, 3.05) is 0 Å². The van der Waals surface area contributed by atoms with Gasteiger partial charge in [0.15, 0.2) is 6.29 Å². The fourth-order valence-electron chi connectivity index (χ4n) is 0.852. The van der Waals surface area contributed by atoms with Crippen LogP contribution in [0.1, 0.15) is 15.9 Å². The summed E-state index contributed by atoms with van der Waals surface area (Å²) in [4.78, 5) is 10.4. The molecule has 0 saturated heterocycles. The van der Waals surface area contributed by atoms with Gasteiger partial charge in [0.05, 0.1) is 5.56 Å². The van der Waals surface area contributed by atoms with Gasteiger partial charge >= 0.3 is 0 Å². The van der Waals surface area contributed by atoms with Gasteiger partial charge in [-0.3, -0.25) is 4.79 Å². The van der Waals surface area contributed by atoms with Crippen LogP contribution in [0.5, 0.6) is 5.75 Å². The van der Waals surface area contributed by atoms with E-state index in [0.29, 0.717) is 17.2 Å². The van der Waals surface area contributed by atoms with Crippen LogP contribution in [0.15, 0.2) is 18.2 Å². The third-order valence-corrected chi connectivity index (χ3v) is 2.04. The molecule has 11 heavy (non-hydrogen) atoms. The van der Waals surface area contributed by atoms with Crippen molar-refractivity contribution in [3.63, 3.8) is 0 Å². The third-order valence-electron chi connectivity index (χ3n) is 1.44. The van der Waals surface area contributed by atoms with Gasteiger partial charge in [-0.25, -0.2) is 0 Å². The molecule has 0 saturated carbocycles. The van der Waals surface area contributed by atoms with E-state index in [2.05, 4.69) is 15.9 Å². The Bertz CT molecular complexity index is 271. The first-order valence-corrected chi connectivity index (χ1v) is 4.23. The van der Waals surface area contributed by atoms with Gasteiger partial charge in [-0.05, 0) is 11.6 Å². The minimum Gasteiger partial charge on any atom is -0.507 e. The molecular weight excluding hydrogens is 208 g/mol. The number of phenols is 1. The number of carbonyl (C=O) groups is 1. The van der Waals surface area contributed by atoms with Crippen molar-refractivity contribution in [3.8, 4) is 5.75 Å². The number of alkyl halides is 1. The van der Waals surface area contributed by atoms with E-state index in [1.165, 1.54) is 6.07 Å². The van der Waals surface area contributed by atoms with E-state index in [0.717, 1.165) is 5.56 Å². The Hall–Kier alpha value is -0.830. The summed E-state index contributed by atoms with van der Waals surface area (Å²) in [5.41, 5.74) is 1.17. The number of hydrogen-bond acceptors (Lipinski definition) is 2. The molecule has 0 spiro atoms. The first-order valence-electron chi connectivity index (χ1n) is 3.11. The summed E-state index contributed by atoms with van der Waals surface area (Å²) in [5, 5.41) is 9.75. The summed E-state index contributed by atoms with van der Waals surface area (Å²) in [6.45, 7) is 0. The standard InChI is InChI=1S/C8H7BrO2/c9-4-6-2-1-3-8(11)7(6)5-10/h1-3,5,11H,4H2. The molecular formula is C8H7BrO2. The average molecular weight is 215 g/mol. The highest BCUT2D eigenvalue weighted by atomic mass is 79.9. The summed E-state index contributed by atoms with van der Waals surface area (Å²) >= 11 is 3.21. The van der Waals surface area contributed by atoms with Gasteiger partial charge in [-0.15, -0.1) is 0 Å². The number of aromatic hydroxyl groups is 1. The Kier molecular flexibility index (Phi) is 2.65. The largest absolute Gasteiger partial charge is 0.507 e. The van der Waals surface area contributed by atoms with Crippen LogP contribution in [0.3, 0.4) is 0 Å². The molecule has 0 fully saturated rings. The lowest BCUT2D eigenvalue weighted by atomic mass is 10.1. The molecule has 1 aromatic rings. The first kappa shape index (κ1) is 8.27. The van der Waals surface area contributed by atoms with E-state index in [9.17, 15) is 9.90 Å². The third kappa shape index (κ3) is 1.60. The Morgan fingerprint density at radius 1 is 1.55 bits per heavy atom. The number of aldehydes is 1. The summed E-state index contributed by atoms with van der Waals surface area (Å²) < 4.78 is 0. The van der Waals surface area contributed by atoms with E-state index in [1.54, 1.807) is 12.1 Å². The number of carbonyl (C=O) groups excluding carboxylic acids is 1. The van der Waals surface area contributed by atoms with Crippen LogP contribution in [0, 0.1) is 0 Å². The minimum atomic E-state index is 0.0388. The van der Waals surface area contributed by atoms with Crippen molar-refractivity contribution in [2.45, 2.75) is 5.33 Å². The number of halogens is 1. The van der Waals surface area contributed by atoms with E-state index < -0.39 is 0 Å².